The summed E-state index contributed by atoms with van der Waals surface area (Å²) in [7, 11) is 0. The standard InChI is InChI=1S/C11H9F3N2O2/c12-11(13,14)7-1-3-8(4-2-7)18-9-5-15-10(17)16-6-9/h1-5H,6H2,(H2,15,16,17). The summed E-state index contributed by atoms with van der Waals surface area (Å²) in [5.41, 5.74) is -0.737. The molecule has 0 aliphatic carbocycles. The smallest absolute Gasteiger partial charge is 0.416 e. The molecule has 0 fully saturated rings. The largest absolute Gasteiger partial charge is 0.458 e. The maximum Gasteiger partial charge on any atom is 0.416 e. The molecule has 4 nitrogen and oxygen atoms in total. The molecule has 0 radical (unpaired) electrons. The summed E-state index contributed by atoms with van der Waals surface area (Å²) in [6, 6.07) is 3.96. The Morgan fingerprint density at radius 2 is 1.83 bits per heavy atom. The Morgan fingerprint density at radius 3 is 2.33 bits per heavy atom. The van der Waals surface area contributed by atoms with Gasteiger partial charge in [0.2, 0.25) is 0 Å². The van der Waals surface area contributed by atoms with E-state index < -0.39 is 11.7 Å². The quantitative estimate of drug-likeness (QED) is 0.854. The molecule has 0 unspecified atom stereocenters. The molecule has 1 aliphatic heterocycles. The molecule has 2 rings (SSSR count). The minimum Gasteiger partial charge on any atom is -0.458 e. The average Bonchev–Trinajstić information content (AvgIpc) is 2.32. The number of halogens is 3. The number of benzene rings is 1. The predicted molar refractivity (Wildman–Crippen MR) is 56.7 cm³/mol. The Hall–Kier alpha value is -2.18. The molecule has 18 heavy (non-hydrogen) atoms. The van der Waals surface area contributed by atoms with E-state index in [9.17, 15) is 18.0 Å². The molecule has 7 heteroatoms. The Bertz CT molecular complexity index is 480. The highest BCUT2D eigenvalue weighted by atomic mass is 19.4. The topological polar surface area (TPSA) is 50.4 Å². The van der Waals surface area contributed by atoms with Gasteiger partial charge in [-0.25, -0.2) is 4.79 Å². The van der Waals surface area contributed by atoms with E-state index in [2.05, 4.69) is 10.6 Å². The molecule has 1 aliphatic rings. The van der Waals surface area contributed by atoms with Gasteiger partial charge in [0.15, 0.2) is 0 Å². The van der Waals surface area contributed by atoms with Gasteiger partial charge in [-0.3, -0.25) is 0 Å². The first-order valence-corrected chi connectivity index (χ1v) is 5.04. The average molecular weight is 258 g/mol. The maximum atomic E-state index is 12.3. The summed E-state index contributed by atoms with van der Waals surface area (Å²) in [5.74, 6) is 0.682. The molecule has 1 heterocycles. The number of nitrogens with one attached hydrogen (secondary N) is 2. The number of carbonyl (C=O) groups excluding carboxylic acids is 1. The number of hydrogen-bond acceptors (Lipinski definition) is 2. The second-order valence-corrected chi connectivity index (χ2v) is 3.56. The second-order valence-electron chi connectivity index (χ2n) is 3.56. The van der Waals surface area contributed by atoms with Crippen molar-refractivity contribution in [3.8, 4) is 5.75 Å². The van der Waals surface area contributed by atoms with E-state index in [1.54, 1.807) is 0 Å². The van der Waals surface area contributed by atoms with Crippen molar-refractivity contribution in [3.63, 3.8) is 0 Å². The van der Waals surface area contributed by atoms with Crippen LogP contribution in [0.3, 0.4) is 0 Å². The van der Waals surface area contributed by atoms with Crippen LogP contribution in [0.1, 0.15) is 5.56 Å². The van der Waals surface area contributed by atoms with Crippen LogP contribution in [0, 0.1) is 0 Å². The van der Waals surface area contributed by atoms with Gasteiger partial charge in [0.25, 0.3) is 0 Å². The summed E-state index contributed by atoms with van der Waals surface area (Å²) >= 11 is 0. The van der Waals surface area contributed by atoms with Gasteiger partial charge >= 0.3 is 12.2 Å². The molecule has 2 N–H and O–H groups in total. The van der Waals surface area contributed by atoms with Gasteiger partial charge in [-0.2, -0.15) is 13.2 Å². The van der Waals surface area contributed by atoms with Crippen LogP contribution in [0.25, 0.3) is 0 Å². The van der Waals surface area contributed by atoms with Crippen molar-refractivity contribution in [2.24, 2.45) is 0 Å². The van der Waals surface area contributed by atoms with Gasteiger partial charge in [-0.15, -0.1) is 0 Å². The Labute approximate surface area is 100 Å². The van der Waals surface area contributed by atoms with E-state index in [-0.39, 0.29) is 18.3 Å². The van der Waals surface area contributed by atoms with Crippen LogP contribution >= 0.6 is 0 Å². The van der Waals surface area contributed by atoms with E-state index in [0.717, 1.165) is 12.1 Å². The van der Waals surface area contributed by atoms with Crippen LogP contribution in [-0.2, 0) is 6.18 Å². The van der Waals surface area contributed by atoms with Crippen LogP contribution < -0.4 is 15.4 Å². The lowest BCUT2D eigenvalue weighted by Crippen LogP contribution is -2.39. The molecule has 0 spiro atoms. The third kappa shape index (κ3) is 2.93. The molecule has 1 aromatic rings. The maximum absolute atomic E-state index is 12.3. The van der Waals surface area contributed by atoms with Gasteiger partial charge in [0.1, 0.15) is 11.5 Å². The fourth-order valence-electron chi connectivity index (χ4n) is 1.34. The van der Waals surface area contributed by atoms with Crippen molar-refractivity contribution in [1.82, 2.24) is 10.6 Å². The van der Waals surface area contributed by atoms with Crippen LogP contribution in [0.15, 0.2) is 36.2 Å². The molecule has 0 saturated heterocycles. The summed E-state index contributed by atoms with van der Waals surface area (Å²) < 4.78 is 42.2. The van der Waals surface area contributed by atoms with Crippen LogP contribution in [0.2, 0.25) is 0 Å². The monoisotopic (exact) mass is 258 g/mol. The first-order chi connectivity index (χ1) is 8.45. The van der Waals surface area contributed by atoms with E-state index >= 15 is 0 Å². The zero-order chi connectivity index (χ0) is 13.2. The molecule has 0 bridgehead atoms. The Balaban J connectivity index is 2.05. The molecule has 2 amide bonds. The lowest BCUT2D eigenvalue weighted by Gasteiger charge is -2.16. The highest BCUT2D eigenvalue weighted by Crippen LogP contribution is 2.30. The van der Waals surface area contributed by atoms with Crippen molar-refractivity contribution in [2.45, 2.75) is 6.18 Å². The van der Waals surface area contributed by atoms with E-state index in [4.69, 9.17) is 4.74 Å². The molecular formula is C11H9F3N2O2. The molecule has 0 saturated carbocycles. The normalized spacial score (nSPS) is 15.5. The number of rotatable bonds is 2. The van der Waals surface area contributed by atoms with Crippen molar-refractivity contribution < 1.29 is 22.7 Å². The first-order valence-electron chi connectivity index (χ1n) is 5.04. The Kier molecular flexibility index (Phi) is 3.14. The molecular weight excluding hydrogens is 249 g/mol. The highest BCUT2D eigenvalue weighted by Gasteiger charge is 2.30. The molecule has 96 valence electrons. The zero-order valence-corrected chi connectivity index (χ0v) is 9.04. The number of amides is 2. The third-order valence-corrected chi connectivity index (χ3v) is 2.22. The van der Waals surface area contributed by atoms with Gasteiger partial charge in [0.05, 0.1) is 12.1 Å². The van der Waals surface area contributed by atoms with Gasteiger partial charge in [0, 0.05) is 6.20 Å². The lowest BCUT2D eigenvalue weighted by molar-refractivity contribution is -0.137. The van der Waals surface area contributed by atoms with Crippen molar-refractivity contribution in [2.75, 3.05) is 6.54 Å². The summed E-state index contributed by atoms with van der Waals surface area (Å²) in [4.78, 5) is 10.8. The fraction of sp³-hybridized carbons (Fsp3) is 0.182. The van der Waals surface area contributed by atoms with E-state index in [1.165, 1.54) is 18.3 Å². The number of carbonyl (C=O) groups is 1. The summed E-state index contributed by atoms with van der Waals surface area (Å²) in [6.45, 7) is 0.187. The predicted octanol–water partition coefficient (Wildman–Crippen LogP) is 2.24. The molecule has 1 aromatic carbocycles. The second kappa shape index (κ2) is 4.59. The van der Waals surface area contributed by atoms with Crippen molar-refractivity contribution in [1.29, 1.82) is 0 Å². The first kappa shape index (κ1) is 12.3. The minimum absolute atomic E-state index is 0.187. The Morgan fingerprint density at radius 1 is 1.17 bits per heavy atom. The van der Waals surface area contributed by atoms with Gasteiger partial charge in [-0.1, -0.05) is 0 Å². The summed E-state index contributed by atoms with van der Waals surface area (Å²) in [6.07, 6.45) is -3.01. The fourth-order valence-corrected chi connectivity index (χ4v) is 1.34. The molecule has 0 atom stereocenters. The van der Waals surface area contributed by atoms with Gasteiger partial charge in [-0.05, 0) is 24.3 Å². The third-order valence-electron chi connectivity index (χ3n) is 2.22. The molecule has 0 aromatic heterocycles. The SMILES string of the molecule is O=C1NC=C(Oc2ccc(C(F)(F)F)cc2)CN1. The zero-order valence-electron chi connectivity index (χ0n) is 9.04. The number of hydrogen-bond donors (Lipinski definition) is 2. The van der Waals surface area contributed by atoms with Crippen LogP contribution in [0.4, 0.5) is 18.0 Å². The van der Waals surface area contributed by atoms with Crippen molar-refractivity contribution in [3.05, 3.63) is 41.8 Å². The summed E-state index contributed by atoms with van der Waals surface area (Å²) in [5, 5.41) is 4.84. The number of urea groups is 1. The van der Waals surface area contributed by atoms with E-state index in [1.807, 2.05) is 0 Å². The highest BCUT2D eigenvalue weighted by molar-refractivity contribution is 5.76. The van der Waals surface area contributed by atoms with E-state index in [0.29, 0.717) is 5.76 Å². The van der Waals surface area contributed by atoms with Gasteiger partial charge < -0.3 is 15.4 Å². The minimum atomic E-state index is -4.36. The lowest BCUT2D eigenvalue weighted by atomic mass is 10.2. The number of ether oxygens (including phenoxy) is 1. The van der Waals surface area contributed by atoms with Crippen LogP contribution in [-0.4, -0.2) is 12.6 Å². The van der Waals surface area contributed by atoms with Crippen molar-refractivity contribution >= 4 is 6.03 Å². The van der Waals surface area contributed by atoms with Crippen LogP contribution in [0.5, 0.6) is 5.75 Å². The number of alkyl halides is 3.